The SMILES string of the molecule is C=CCNC(=NCCc1ccc(Cl)s1)NCC. The fourth-order valence-corrected chi connectivity index (χ4v) is 2.35. The second-order valence-electron chi connectivity index (χ2n) is 3.39. The predicted molar refractivity (Wildman–Crippen MR) is 77.2 cm³/mol. The third kappa shape index (κ3) is 5.75. The number of thiophene rings is 1. The van der Waals surface area contributed by atoms with Gasteiger partial charge in [0.15, 0.2) is 5.96 Å². The van der Waals surface area contributed by atoms with E-state index in [9.17, 15) is 0 Å². The van der Waals surface area contributed by atoms with Crippen LogP contribution in [0, 0.1) is 0 Å². The third-order valence-electron chi connectivity index (χ3n) is 2.02. The zero-order valence-corrected chi connectivity index (χ0v) is 11.6. The second kappa shape index (κ2) is 8.14. The van der Waals surface area contributed by atoms with Crippen LogP contribution in [0.3, 0.4) is 0 Å². The molecular formula is C12H18ClN3S. The molecule has 0 amide bonds. The van der Waals surface area contributed by atoms with E-state index in [0.29, 0.717) is 0 Å². The van der Waals surface area contributed by atoms with Gasteiger partial charge in [0.25, 0.3) is 0 Å². The van der Waals surface area contributed by atoms with Crippen molar-refractivity contribution in [2.75, 3.05) is 19.6 Å². The first kappa shape index (κ1) is 14.1. The van der Waals surface area contributed by atoms with Gasteiger partial charge in [0.2, 0.25) is 0 Å². The molecule has 0 unspecified atom stereocenters. The van der Waals surface area contributed by atoms with Gasteiger partial charge in [-0.1, -0.05) is 17.7 Å². The van der Waals surface area contributed by atoms with E-state index >= 15 is 0 Å². The summed E-state index contributed by atoms with van der Waals surface area (Å²) in [5, 5.41) is 6.34. The molecule has 1 aromatic rings. The van der Waals surface area contributed by atoms with Crippen LogP contribution in [0.2, 0.25) is 4.34 Å². The molecule has 0 saturated heterocycles. The topological polar surface area (TPSA) is 36.4 Å². The van der Waals surface area contributed by atoms with Crippen LogP contribution in [0.15, 0.2) is 29.8 Å². The normalized spacial score (nSPS) is 11.3. The molecule has 0 aliphatic rings. The van der Waals surface area contributed by atoms with E-state index in [0.717, 1.165) is 36.4 Å². The third-order valence-corrected chi connectivity index (χ3v) is 3.31. The first-order chi connectivity index (χ1) is 8.26. The van der Waals surface area contributed by atoms with E-state index in [-0.39, 0.29) is 0 Å². The Labute approximate surface area is 112 Å². The van der Waals surface area contributed by atoms with Gasteiger partial charge in [-0.25, -0.2) is 0 Å². The molecular weight excluding hydrogens is 254 g/mol. The van der Waals surface area contributed by atoms with Gasteiger partial charge < -0.3 is 10.6 Å². The minimum Gasteiger partial charge on any atom is -0.357 e. The Morgan fingerprint density at radius 2 is 2.35 bits per heavy atom. The van der Waals surface area contributed by atoms with Crippen molar-refractivity contribution in [3.63, 3.8) is 0 Å². The molecule has 0 atom stereocenters. The Bertz CT molecular complexity index is 374. The van der Waals surface area contributed by atoms with Gasteiger partial charge in [-0.15, -0.1) is 17.9 Å². The molecule has 94 valence electrons. The average molecular weight is 272 g/mol. The fraction of sp³-hybridized carbons (Fsp3) is 0.417. The molecule has 0 spiro atoms. The highest BCUT2D eigenvalue weighted by molar-refractivity contribution is 7.16. The molecule has 0 fully saturated rings. The molecule has 0 aliphatic heterocycles. The maximum atomic E-state index is 5.87. The highest BCUT2D eigenvalue weighted by Gasteiger charge is 1.98. The minimum absolute atomic E-state index is 0.719. The van der Waals surface area contributed by atoms with Crippen LogP contribution in [-0.4, -0.2) is 25.6 Å². The monoisotopic (exact) mass is 271 g/mol. The molecule has 0 radical (unpaired) electrons. The Hall–Kier alpha value is -1.00. The number of aliphatic imine (C=N–C) groups is 1. The molecule has 1 aromatic heterocycles. The molecule has 0 bridgehead atoms. The molecule has 0 aromatic carbocycles. The Morgan fingerprint density at radius 1 is 1.53 bits per heavy atom. The maximum Gasteiger partial charge on any atom is 0.191 e. The van der Waals surface area contributed by atoms with Gasteiger partial charge in [0, 0.05) is 30.9 Å². The number of halogens is 1. The van der Waals surface area contributed by atoms with Crippen molar-refractivity contribution >= 4 is 28.9 Å². The van der Waals surface area contributed by atoms with E-state index in [2.05, 4.69) is 22.2 Å². The van der Waals surface area contributed by atoms with E-state index < -0.39 is 0 Å². The van der Waals surface area contributed by atoms with E-state index in [1.807, 2.05) is 25.1 Å². The van der Waals surface area contributed by atoms with Crippen molar-refractivity contribution in [2.24, 2.45) is 4.99 Å². The second-order valence-corrected chi connectivity index (χ2v) is 5.19. The molecule has 0 saturated carbocycles. The summed E-state index contributed by atoms with van der Waals surface area (Å²) in [5.41, 5.74) is 0. The lowest BCUT2D eigenvalue weighted by molar-refractivity contribution is 0.854. The van der Waals surface area contributed by atoms with Crippen LogP contribution in [0.5, 0.6) is 0 Å². The first-order valence-corrected chi connectivity index (χ1v) is 6.83. The van der Waals surface area contributed by atoms with Crippen LogP contribution in [0.25, 0.3) is 0 Å². The standard InChI is InChI=1S/C12H18ClN3S/c1-3-8-15-12(14-4-2)16-9-7-10-5-6-11(13)17-10/h3,5-6H,1,4,7-9H2,2H3,(H2,14,15,16). The average Bonchev–Trinajstić information content (AvgIpc) is 2.72. The quantitative estimate of drug-likeness (QED) is 0.474. The van der Waals surface area contributed by atoms with Crippen molar-refractivity contribution in [2.45, 2.75) is 13.3 Å². The molecule has 5 heteroatoms. The van der Waals surface area contributed by atoms with Gasteiger partial charge >= 0.3 is 0 Å². The smallest absolute Gasteiger partial charge is 0.191 e. The lowest BCUT2D eigenvalue weighted by Gasteiger charge is -2.08. The Balaban J connectivity index is 2.39. The van der Waals surface area contributed by atoms with Crippen molar-refractivity contribution in [3.8, 4) is 0 Å². The highest BCUT2D eigenvalue weighted by Crippen LogP contribution is 2.21. The van der Waals surface area contributed by atoms with Crippen LogP contribution >= 0.6 is 22.9 Å². The number of nitrogens with zero attached hydrogens (tertiary/aromatic N) is 1. The molecule has 1 rings (SSSR count). The van der Waals surface area contributed by atoms with Gasteiger partial charge in [-0.05, 0) is 19.1 Å². The van der Waals surface area contributed by atoms with Crippen molar-refractivity contribution < 1.29 is 0 Å². The summed E-state index contributed by atoms with van der Waals surface area (Å²) in [7, 11) is 0. The number of hydrogen-bond donors (Lipinski definition) is 2. The number of rotatable bonds is 6. The zero-order valence-electron chi connectivity index (χ0n) is 10.0. The number of hydrogen-bond acceptors (Lipinski definition) is 2. The molecule has 2 N–H and O–H groups in total. The van der Waals surface area contributed by atoms with Crippen molar-refractivity contribution in [1.29, 1.82) is 0 Å². The highest BCUT2D eigenvalue weighted by atomic mass is 35.5. The summed E-state index contributed by atoms with van der Waals surface area (Å²) in [6.45, 7) is 8.04. The van der Waals surface area contributed by atoms with E-state index in [1.54, 1.807) is 11.3 Å². The first-order valence-electron chi connectivity index (χ1n) is 5.63. The molecule has 3 nitrogen and oxygen atoms in total. The summed E-state index contributed by atoms with van der Waals surface area (Å²) in [6, 6.07) is 3.97. The summed E-state index contributed by atoms with van der Waals surface area (Å²) in [4.78, 5) is 5.73. The number of nitrogens with one attached hydrogen (secondary N) is 2. The predicted octanol–water partition coefficient (Wildman–Crippen LogP) is 2.69. The van der Waals surface area contributed by atoms with Gasteiger partial charge in [0.1, 0.15) is 0 Å². The van der Waals surface area contributed by atoms with E-state index in [1.165, 1.54) is 4.88 Å². The Kier molecular flexibility index (Phi) is 6.74. The zero-order chi connectivity index (χ0) is 12.5. The fourth-order valence-electron chi connectivity index (χ4n) is 1.27. The van der Waals surface area contributed by atoms with Gasteiger partial charge in [-0.3, -0.25) is 4.99 Å². The summed E-state index contributed by atoms with van der Waals surface area (Å²) in [5.74, 6) is 0.829. The van der Waals surface area contributed by atoms with Gasteiger partial charge in [-0.2, -0.15) is 0 Å². The molecule has 0 aliphatic carbocycles. The van der Waals surface area contributed by atoms with E-state index in [4.69, 9.17) is 11.6 Å². The minimum atomic E-state index is 0.719. The largest absolute Gasteiger partial charge is 0.357 e. The van der Waals surface area contributed by atoms with Crippen LogP contribution in [-0.2, 0) is 6.42 Å². The molecule has 17 heavy (non-hydrogen) atoms. The lowest BCUT2D eigenvalue weighted by atomic mass is 10.3. The van der Waals surface area contributed by atoms with Crippen molar-refractivity contribution in [1.82, 2.24) is 10.6 Å². The van der Waals surface area contributed by atoms with Crippen LogP contribution in [0.4, 0.5) is 0 Å². The van der Waals surface area contributed by atoms with Gasteiger partial charge in [0.05, 0.1) is 4.34 Å². The number of guanidine groups is 1. The lowest BCUT2D eigenvalue weighted by Crippen LogP contribution is -2.37. The molecule has 1 heterocycles. The van der Waals surface area contributed by atoms with Crippen LogP contribution < -0.4 is 10.6 Å². The summed E-state index contributed by atoms with van der Waals surface area (Å²) >= 11 is 7.48. The maximum absolute atomic E-state index is 5.87. The van der Waals surface area contributed by atoms with Crippen molar-refractivity contribution in [3.05, 3.63) is 34.0 Å². The summed E-state index contributed by atoms with van der Waals surface area (Å²) < 4.78 is 0.834. The Morgan fingerprint density at radius 3 is 2.94 bits per heavy atom. The van der Waals surface area contributed by atoms with Crippen LogP contribution in [0.1, 0.15) is 11.8 Å². The summed E-state index contributed by atoms with van der Waals surface area (Å²) in [6.07, 6.45) is 2.73.